The number of carbonyl (C=O) groups is 2. The van der Waals surface area contributed by atoms with Gasteiger partial charge in [0.25, 0.3) is 0 Å². The van der Waals surface area contributed by atoms with Crippen LogP contribution < -0.4 is 10.1 Å². The van der Waals surface area contributed by atoms with Gasteiger partial charge in [-0.1, -0.05) is 66.7 Å². The number of hydrogen-bond donors (Lipinski definition) is 2. The molecule has 1 heterocycles. The van der Waals surface area contributed by atoms with Crippen LogP contribution in [0.15, 0.2) is 103 Å². The second-order valence-corrected chi connectivity index (χ2v) is 8.62. The van der Waals surface area contributed by atoms with Gasteiger partial charge in [0, 0.05) is 28.3 Å². The fourth-order valence-electron chi connectivity index (χ4n) is 4.05. The van der Waals surface area contributed by atoms with E-state index in [4.69, 9.17) is 4.74 Å². The number of benzene rings is 4. The highest BCUT2D eigenvalue weighted by molar-refractivity contribution is 6.11. The highest BCUT2D eigenvalue weighted by Gasteiger charge is 2.13. The number of fused-ring (bicyclic) bond motifs is 1. The maximum Gasteiger partial charge on any atom is 0.248 e. The van der Waals surface area contributed by atoms with E-state index in [1.54, 1.807) is 49.6 Å². The van der Waals surface area contributed by atoms with Crippen LogP contribution in [0.25, 0.3) is 29.1 Å². The average molecular weight is 500 g/mol. The van der Waals surface area contributed by atoms with Crippen LogP contribution in [0.4, 0.5) is 5.69 Å². The minimum Gasteiger partial charge on any atom is -0.497 e. The molecule has 0 spiro atoms. The van der Waals surface area contributed by atoms with Crippen molar-refractivity contribution in [1.82, 2.24) is 10.2 Å². The summed E-state index contributed by atoms with van der Waals surface area (Å²) < 4.78 is 5.21. The lowest BCUT2D eigenvalue weighted by atomic mass is 10.0. The van der Waals surface area contributed by atoms with Crippen molar-refractivity contribution in [2.24, 2.45) is 0 Å². The summed E-state index contributed by atoms with van der Waals surface area (Å²) in [5.74, 6) is 0.269. The Hall–Kier alpha value is -5.23. The molecule has 6 nitrogen and oxygen atoms in total. The zero-order chi connectivity index (χ0) is 26.3. The van der Waals surface area contributed by atoms with E-state index in [2.05, 4.69) is 15.5 Å². The summed E-state index contributed by atoms with van der Waals surface area (Å²) >= 11 is 0. The largest absolute Gasteiger partial charge is 0.497 e. The first kappa shape index (κ1) is 24.5. The van der Waals surface area contributed by atoms with Crippen molar-refractivity contribution >= 4 is 46.5 Å². The van der Waals surface area contributed by atoms with Gasteiger partial charge in [0.05, 0.1) is 18.3 Å². The quantitative estimate of drug-likeness (QED) is 0.186. The van der Waals surface area contributed by atoms with Crippen LogP contribution >= 0.6 is 0 Å². The Morgan fingerprint density at radius 2 is 1.58 bits per heavy atom. The van der Waals surface area contributed by atoms with E-state index in [1.807, 2.05) is 72.8 Å². The van der Waals surface area contributed by atoms with E-state index in [0.717, 1.165) is 27.7 Å². The van der Waals surface area contributed by atoms with Crippen molar-refractivity contribution in [3.05, 3.63) is 131 Å². The number of aromatic amines is 1. The summed E-state index contributed by atoms with van der Waals surface area (Å²) in [5, 5.41) is 11.2. The molecule has 5 aromatic rings. The molecular formula is C32H25N3O3. The number of hydrogen-bond acceptors (Lipinski definition) is 4. The first-order valence-electron chi connectivity index (χ1n) is 12.1. The molecule has 6 heteroatoms. The molecular weight excluding hydrogens is 474 g/mol. The molecule has 38 heavy (non-hydrogen) atoms. The van der Waals surface area contributed by atoms with E-state index >= 15 is 0 Å². The molecule has 0 radical (unpaired) electrons. The van der Waals surface area contributed by atoms with Gasteiger partial charge in [0.1, 0.15) is 5.75 Å². The maximum absolute atomic E-state index is 13.2. The number of carbonyl (C=O) groups excluding carboxylic acids is 2. The van der Waals surface area contributed by atoms with Crippen LogP contribution in [0.1, 0.15) is 32.7 Å². The molecule has 186 valence electrons. The monoisotopic (exact) mass is 499 g/mol. The summed E-state index contributed by atoms with van der Waals surface area (Å²) in [7, 11) is 1.60. The number of ether oxygens (including phenoxy) is 1. The lowest BCUT2D eigenvalue weighted by molar-refractivity contribution is -0.111. The normalized spacial score (nSPS) is 11.3. The van der Waals surface area contributed by atoms with Crippen molar-refractivity contribution in [2.45, 2.75) is 0 Å². The second kappa shape index (κ2) is 11.2. The number of ketones is 1. The number of H-pyrrole nitrogens is 1. The van der Waals surface area contributed by atoms with Gasteiger partial charge in [-0.15, -0.1) is 0 Å². The van der Waals surface area contributed by atoms with E-state index in [0.29, 0.717) is 22.6 Å². The number of methoxy groups -OCH3 is 1. The molecule has 0 aliphatic carbocycles. The van der Waals surface area contributed by atoms with Gasteiger partial charge in [-0.3, -0.25) is 14.7 Å². The topological polar surface area (TPSA) is 84.1 Å². The molecule has 0 atom stereocenters. The Balaban J connectivity index is 1.29. The molecule has 5 rings (SSSR count). The van der Waals surface area contributed by atoms with Gasteiger partial charge in [-0.25, -0.2) is 0 Å². The van der Waals surface area contributed by atoms with E-state index in [-0.39, 0.29) is 11.7 Å². The minimum absolute atomic E-state index is 0.147. The first-order chi connectivity index (χ1) is 18.6. The van der Waals surface area contributed by atoms with E-state index < -0.39 is 0 Å². The van der Waals surface area contributed by atoms with Crippen LogP contribution in [-0.4, -0.2) is 29.0 Å². The van der Waals surface area contributed by atoms with Crippen molar-refractivity contribution in [3.8, 4) is 5.75 Å². The number of amides is 1. The van der Waals surface area contributed by atoms with Crippen LogP contribution in [0, 0.1) is 0 Å². The molecule has 0 fully saturated rings. The predicted octanol–water partition coefficient (Wildman–Crippen LogP) is 6.62. The second-order valence-electron chi connectivity index (χ2n) is 8.62. The third kappa shape index (κ3) is 5.77. The first-order valence-corrected chi connectivity index (χ1v) is 12.1. The van der Waals surface area contributed by atoms with Crippen LogP contribution in [0.5, 0.6) is 5.75 Å². The molecule has 1 aromatic heterocycles. The van der Waals surface area contributed by atoms with Crippen LogP contribution in [-0.2, 0) is 4.79 Å². The van der Waals surface area contributed by atoms with E-state index in [1.165, 1.54) is 6.08 Å². The van der Waals surface area contributed by atoms with Crippen molar-refractivity contribution < 1.29 is 14.3 Å². The Morgan fingerprint density at radius 1 is 0.789 bits per heavy atom. The fourth-order valence-corrected chi connectivity index (χ4v) is 4.05. The SMILES string of the molecule is COc1cccc(/C=C/C(=O)Nc2cccc(C(=O)c3ccc4c(/C=C/c5ccccc5)n[nH]c4c3)c2)c1. The summed E-state index contributed by atoms with van der Waals surface area (Å²) in [4.78, 5) is 25.7. The molecule has 2 N–H and O–H groups in total. The molecule has 0 saturated heterocycles. The van der Waals surface area contributed by atoms with Crippen molar-refractivity contribution in [1.29, 1.82) is 0 Å². The summed E-state index contributed by atoms with van der Waals surface area (Å²) in [6.07, 6.45) is 7.10. The third-order valence-electron chi connectivity index (χ3n) is 6.00. The lowest BCUT2D eigenvalue weighted by Crippen LogP contribution is -2.09. The molecule has 4 aromatic carbocycles. The Kier molecular flexibility index (Phi) is 7.23. The Bertz CT molecular complexity index is 1670. The highest BCUT2D eigenvalue weighted by Crippen LogP contribution is 2.22. The summed E-state index contributed by atoms with van der Waals surface area (Å²) in [6, 6.07) is 29.8. The van der Waals surface area contributed by atoms with Gasteiger partial charge in [-0.2, -0.15) is 5.10 Å². The lowest BCUT2D eigenvalue weighted by Gasteiger charge is -2.06. The van der Waals surface area contributed by atoms with Gasteiger partial charge >= 0.3 is 0 Å². The van der Waals surface area contributed by atoms with Gasteiger partial charge in [0.2, 0.25) is 5.91 Å². The van der Waals surface area contributed by atoms with Crippen LogP contribution in [0.2, 0.25) is 0 Å². The smallest absolute Gasteiger partial charge is 0.248 e. The molecule has 0 bridgehead atoms. The maximum atomic E-state index is 13.2. The van der Waals surface area contributed by atoms with Crippen molar-refractivity contribution in [3.63, 3.8) is 0 Å². The van der Waals surface area contributed by atoms with Gasteiger partial charge in [0.15, 0.2) is 5.78 Å². The molecule has 0 aliphatic rings. The van der Waals surface area contributed by atoms with Crippen molar-refractivity contribution in [2.75, 3.05) is 12.4 Å². The molecule has 0 saturated carbocycles. The van der Waals surface area contributed by atoms with Gasteiger partial charge < -0.3 is 10.1 Å². The predicted molar refractivity (Wildman–Crippen MR) is 152 cm³/mol. The Labute approximate surface area is 220 Å². The zero-order valence-corrected chi connectivity index (χ0v) is 20.7. The number of aromatic nitrogens is 2. The molecule has 0 aliphatic heterocycles. The number of anilines is 1. The Morgan fingerprint density at radius 3 is 2.42 bits per heavy atom. The standard InChI is InChI=1S/C32H25N3O3/c1-38-27-12-5-9-23(19-27)14-18-31(36)33-26-11-6-10-24(20-26)32(37)25-15-16-28-29(34-35-30(28)21-25)17-13-22-7-3-2-4-8-22/h2-21H,1H3,(H,33,36)(H,34,35)/b17-13+,18-14+. The summed E-state index contributed by atoms with van der Waals surface area (Å²) in [5.41, 5.74) is 5.04. The van der Waals surface area contributed by atoms with E-state index in [9.17, 15) is 9.59 Å². The van der Waals surface area contributed by atoms with Gasteiger partial charge in [-0.05, 0) is 59.7 Å². The minimum atomic E-state index is -0.299. The highest BCUT2D eigenvalue weighted by atomic mass is 16.5. The average Bonchev–Trinajstić information content (AvgIpc) is 3.37. The summed E-state index contributed by atoms with van der Waals surface area (Å²) in [6.45, 7) is 0. The fraction of sp³-hybridized carbons (Fsp3) is 0.0312. The third-order valence-corrected chi connectivity index (χ3v) is 6.00. The molecule has 1 amide bonds. The number of nitrogens with zero attached hydrogens (tertiary/aromatic N) is 1. The number of nitrogens with one attached hydrogen (secondary N) is 2. The molecule has 0 unspecified atom stereocenters. The number of rotatable bonds is 8. The van der Waals surface area contributed by atoms with Crippen LogP contribution in [0.3, 0.4) is 0 Å². The zero-order valence-electron chi connectivity index (χ0n) is 20.7.